The minimum Gasteiger partial charge on any atom is -0.296 e. The molecule has 2 atom stereocenters. The van der Waals surface area contributed by atoms with Crippen LogP contribution in [0.4, 0.5) is 0 Å². The van der Waals surface area contributed by atoms with Gasteiger partial charge in [-0.1, -0.05) is 46.0 Å². The number of unbranched alkanes of at least 4 members (excludes halogenated alkanes) is 4. The van der Waals surface area contributed by atoms with Gasteiger partial charge in [0.15, 0.2) is 5.78 Å². The van der Waals surface area contributed by atoms with Gasteiger partial charge in [-0.3, -0.25) is 4.79 Å². The Morgan fingerprint density at radius 1 is 1.00 bits per heavy atom. The molecule has 0 aromatic heterocycles. The van der Waals surface area contributed by atoms with Crippen LogP contribution in [0.1, 0.15) is 58.8 Å². The molecule has 0 aliphatic heterocycles. The minimum atomic E-state index is -0.400. The van der Waals surface area contributed by atoms with Crippen LogP contribution in [0.15, 0.2) is 0 Å². The van der Waals surface area contributed by atoms with E-state index in [1.807, 2.05) is 6.92 Å². The Morgan fingerprint density at radius 3 is 2.13 bits per heavy atom. The highest BCUT2D eigenvalue weighted by Gasteiger charge is 2.21. The third-order valence-corrected chi connectivity index (χ3v) is 3.49. The molecule has 0 aromatic carbocycles. The van der Waals surface area contributed by atoms with Crippen molar-refractivity contribution < 1.29 is 4.79 Å². The first kappa shape index (κ1) is 15.2. The van der Waals surface area contributed by atoms with Crippen LogP contribution in [-0.4, -0.2) is 16.5 Å². The maximum atomic E-state index is 11.5. The monoisotopic (exact) mass is 252 g/mol. The van der Waals surface area contributed by atoms with Crippen LogP contribution in [-0.2, 0) is 4.79 Å². The fourth-order valence-corrected chi connectivity index (χ4v) is 1.99. The van der Waals surface area contributed by atoms with E-state index in [1.54, 1.807) is 0 Å². The summed E-state index contributed by atoms with van der Waals surface area (Å²) in [4.78, 5) is 11.5. The summed E-state index contributed by atoms with van der Waals surface area (Å²) in [6, 6.07) is 0. The lowest BCUT2D eigenvalue weighted by atomic mass is 10.1. The lowest BCUT2D eigenvalue weighted by Gasteiger charge is -2.11. The quantitative estimate of drug-likeness (QED) is 0.435. The van der Waals surface area contributed by atoms with Gasteiger partial charge >= 0.3 is 0 Å². The van der Waals surface area contributed by atoms with Crippen molar-refractivity contribution in [3.05, 3.63) is 0 Å². The molecule has 0 spiro atoms. The summed E-state index contributed by atoms with van der Waals surface area (Å²) in [5.41, 5.74) is 0. The van der Waals surface area contributed by atoms with E-state index in [9.17, 15) is 4.79 Å². The van der Waals surface area contributed by atoms with Crippen molar-refractivity contribution in [1.29, 1.82) is 0 Å². The third kappa shape index (κ3) is 7.19. The van der Waals surface area contributed by atoms with Gasteiger partial charge in [0.2, 0.25) is 0 Å². The average molecular weight is 253 g/mol. The molecular weight excluding hydrogens is 231 g/mol. The molecule has 0 saturated carbocycles. The number of halogens is 2. The molecule has 90 valence electrons. The van der Waals surface area contributed by atoms with E-state index in [0.717, 1.165) is 12.8 Å². The second-order valence-corrected chi connectivity index (χ2v) is 5.00. The van der Waals surface area contributed by atoms with Gasteiger partial charge in [-0.05, 0) is 12.8 Å². The molecule has 0 amide bonds. The highest BCUT2D eigenvalue weighted by Crippen LogP contribution is 2.16. The lowest BCUT2D eigenvalue weighted by molar-refractivity contribution is -0.118. The molecule has 0 aliphatic rings. The summed E-state index contributed by atoms with van der Waals surface area (Å²) >= 11 is 11.8. The highest BCUT2D eigenvalue weighted by atomic mass is 35.5. The molecule has 1 nitrogen and oxygen atoms in total. The molecule has 0 radical (unpaired) electrons. The topological polar surface area (TPSA) is 17.1 Å². The van der Waals surface area contributed by atoms with Gasteiger partial charge in [0.05, 0.1) is 10.8 Å². The van der Waals surface area contributed by atoms with Crippen molar-refractivity contribution in [3.63, 3.8) is 0 Å². The number of rotatable bonds is 9. The maximum Gasteiger partial charge on any atom is 0.168 e. The maximum absolute atomic E-state index is 11.5. The van der Waals surface area contributed by atoms with Crippen LogP contribution in [0.3, 0.4) is 0 Å². The number of ketones is 1. The van der Waals surface area contributed by atoms with E-state index < -0.39 is 5.38 Å². The summed E-state index contributed by atoms with van der Waals surface area (Å²) in [6.45, 7) is 4.09. The third-order valence-electron chi connectivity index (χ3n) is 2.54. The summed E-state index contributed by atoms with van der Waals surface area (Å²) in [7, 11) is 0. The van der Waals surface area contributed by atoms with Crippen LogP contribution in [0, 0.1) is 0 Å². The molecule has 0 aromatic rings. The highest BCUT2D eigenvalue weighted by molar-refractivity contribution is 6.40. The molecule has 0 N–H and O–H groups in total. The fraction of sp³-hybridized carbons (Fsp3) is 0.917. The Hall–Kier alpha value is 0.250. The normalized spacial score (nSPS) is 14.9. The van der Waals surface area contributed by atoms with Crippen LogP contribution in [0.25, 0.3) is 0 Å². The Kier molecular flexibility index (Phi) is 9.63. The average Bonchev–Trinajstić information content (AvgIpc) is 2.26. The largest absolute Gasteiger partial charge is 0.296 e. The zero-order valence-corrected chi connectivity index (χ0v) is 11.3. The SMILES string of the molecule is CCCCCCCC(Cl)C(=O)C(Cl)CC. The first-order valence-corrected chi connectivity index (χ1v) is 6.82. The molecule has 0 aliphatic carbocycles. The van der Waals surface area contributed by atoms with Crippen molar-refractivity contribution in [2.75, 3.05) is 0 Å². The van der Waals surface area contributed by atoms with Crippen molar-refractivity contribution in [2.24, 2.45) is 0 Å². The van der Waals surface area contributed by atoms with Crippen molar-refractivity contribution in [2.45, 2.75) is 69.5 Å². The second-order valence-electron chi connectivity index (χ2n) is 3.95. The number of carbonyl (C=O) groups excluding carboxylic acids is 1. The first-order valence-electron chi connectivity index (χ1n) is 5.95. The first-order chi connectivity index (χ1) is 7.13. The molecule has 0 heterocycles. The predicted molar refractivity (Wildman–Crippen MR) is 68.0 cm³/mol. The molecule has 0 saturated heterocycles. The van der Waals surface area contributed by atoms with E-state index >= 15 is 0 Å². The van der Waals surface area contributed by atoms with Crippen LogP contribution >= 0.6 is 23.2 Å². The Labute approximate surface area is 104 Å². The van der Waals surface area contributed by atoms with E-state index in [2.05, 4.69) is 6.92 Å². The van der Waals surface area contributed by atoms with Gasteiger partial charge in [-0.15, -0.1) is 23.2 Å². The second kappa shape index (κ2) is 9.47. The number of hydrogen-bond donors (Lipinski definition) is 0. The van der Waals surface area contributed by atoms with E-state index in [-0.39, 0.29) is 11.2 Å². The van der Waals surface area contributed by atoms with E-state index in [1.165, 1.54) is 25.7 Å². The summed E-state index contributed by atoms with van der Waals surface area (Å²) in [6.07, 6.45) is 7.40. The van der Waals surface area contributed by atoms with Gasteiger partial charge in [0.1, 0.15) is 0 Å². The molecular formula is C12H22Cl2O. The van der Waals surface area contributed by atoms with Crippen molar-refractivity contribution >= 4 is 29.0 Å². The van der Waals surface area contributed by atoms with Gasteiger partial charge in [-0.2, -0.15) is 0 Å². The number of hydrogen-bond acceptors (Lipinski definition) is 1. The zero-order valence-electron chi connectivity index (χ0n) is 9.77. The number of alkyl halides is 2. The summed E-state index contributed by atoms with van der Waals surface area (Å²) in [5.74, 6) is -0.00340. The molecule has 15 heavy (non-hydrogen) atoms. The van der Waals surface area contributed by atoms with Crippen LogP contribution in [0.2, 0.25) is 0 Å². The van der Waals surface area contributed by atoms with E-state index in [0.29, 0.717) is 6.42 Å². The molecule has 0 fully saturated rings. The smallest absolute Gasteiger partial charge is 0.168 e. The standard InChI is InChI=1S/C12H22Cl2O/c1-3-5-6-7-8-9-11(14)12(15)10(13)4-2/h10-11H,3-9H2,1-2H3. The van der Waals surface area contributed by atoms with Gasteiger partial charge < -0.3 is 0 Å². The Morgan fingerprint density at radius 2 is 1.60 bits per heavy atom. The van der Waals surface area contributed by atoms with Gasteiger partial charge in [0.25, 0.3) is 0 Å². The zero-order chi connectivity index (χ0) is 11.7. The molecule has 0 bridgehead atoms. The van der Waals surface area contributed by atoms with Crippen LogP contribution in [0.5, 0.6) is 0 Å². The van der Waals surface area contributed by atoms with Crippen molar-refractivity contribution in [1.82, 2.24) is 0 Å². The van der Waals surface area contributed by atoms with Gasteiger partial charge in [0, 0.05) is 0 Å². The predicted octanol–water partition coefficient (Wildman–Crippen LogP) is 4.54. The lowest BCUT2D eigenvalue weighted by Crippen LogP contribution is -2.24. The summed E-state index contributed by atoms with van der Waals surface area (Å²) < 4.78 is 0. The molecule has 2 unspecified atom stereocenters. The van der Waals surface area contributed by atoms with E-state index in [4.69, 9.17) is 23.2 Å². The number of carbonyl (C=O) groups is 1. The fourth-order valence-electron chi connectivity index (χ4n) is 1.47. The van der Waals surface area contributed by atoms with Gasteiger partial charge in [-0.25, -0.2) is 0 Å². The minimum absolute atomic E-state index is 0.00340. The molecule has 3 heteroatoms. The Balaban J connectivity index is 3.55. The van der Waals surface area contributed by atoms with Crippen molar-refractivity contribution in [3.8, 4) is 0 Å². The Bertz CT molecular complexity index is 171. The van der Waals surface area contributed by atoms with Crippen LogP contribution < -0.4 is 0 Å². The number of Topliss-reactive ketones (excluding diaryl/α,β-unsaturated/α-hetero) is 1. The molecule has 0 rings (SSSR count). The summed E-state index contributed by atoms with van der Waals surface area (Å²) in [5, 5.41) is -0.780.